The molecule has 0 spiro atoms. The molecule has 1 N–H and O–H groups in total. The van der Waals surface area contributed by atoms with E-state index >= 15 is 0 Å². The fraction of sp³-hybridized carbons (Fsp3) is 0.0476. The first kappa shape index (κ1) is 14.4. The maximum atomic E-state index is 4.53. The second-order valence-electron chi connectivity index (χ2n) is 5.77. The molecule has 0 aliphatic heterocycles. The highest BCUT2D eigenvalue weighted by molar-refractivity contribution is 5.94. The van der Waals surface area contributed by atoms with E-state index in [0.29, 0.717) is 0 Å². The molecule has 0 unspecified atom stereocenters. The van der Waals surface area contributed by atoms with Crippen LogP contribution in [0.15, 0.2) is 79.1 Å². The van der Waals surface area contributed by atoms with Gasteiger partial charge in [-0.05, 0) is 36.8 Å². The maximum absolute atomic E-state index is 4.53. The second kappa shape index (κ2) is 6.13. The van der Waals surface area contributed by atoms with Crippen LogP contribution in [0.25, 0.3) is 22.2 Å². The van der Waals surface area contributed by atoms with Crippen molar-refractivity contribution in [3.63, 3.8) is 0 Å². The molecule has 0 atom stereocenters. The fourth-order valence-corrected chi connectivity index (χ4v) is 2.90. The lowest BCUT2D eigenvalue weighted by molar-refractivity contribution is 1.21. The van der Waals surface area contributed by atoms with Gasteiger partial charge in [0.1, 0.15) is 6.33 Å². The summed E-state index contributed by atoms with van der Waals surface area (Å²) in [6.45, 7) is 2.08. The van der Waals surface area contributed by atoms with Crippen LogP contribution in [0.3, 0.4) is 0 Å². The standard InChI is InChI=1S/C21H17N3/c1-15-7-5-12-19-20(15)22-14-23-21(19)16-8-6-11-18(13-16)24-17-9-3-2-4-10-17/h2-14,24H,1H3. The van der Waals surface area contributed by atoms with Crippen molar-refractivity contribution in [3.8, 4) is 11.3 Å². The summed E-state index contributed by atoms with van der Waals surface area (Å²) in [5.41, 5.74) is 6.31. The van der Waals surface area contributed by atoms with Crippen molar-refractivity contribution in [1.82, 2.24) is 9.97 Å². The summed E-state index contributed by atoms with van der Waals surface area (Å²) in [6, 6.07) is 24.7. The van der Waals surface area contributed by atoms with Crippen LogP contribution < -0.4 is 5.32 Å². The summed E-state index contributed by atoms with van der Waals surface area (Å²) in [5.74, 6) is 0. The van der Waals surface area contributed by atoms with Crippen LogP contribution in [0.1, 0.15) is 5.56 Å². The topological polar surface area (TPSA) is 37.8 Å². The van der Waals surface area contributed by atoms with Gasteiger partial charge in [-0.25, -0.2) is 9.97 Å². The van der Waals surface area contributed by atoms with Crippen LogP contribution in [-0.4, -0.2) is 9.97 Å². The predicted molar refractivity (Wildman–Crippen MR) is 99.4 cm³/mol. The largest absolute Gasteiger partial charge is 0.356 e. The van der Waals surface area contributed by atoms with Crippen molar-refractivity contribution >= 4 is 22.3 Å². The lowest BCUT2D eigenvalue weighted by atomic mass is 10.0. The zero-order valence-corrected chi connectivity index (χ0v) is 13.4. The number of anilines is 2. The zero-order chi connectivity index (χ0) is 16.4. The van der Waals surface area contributed by atoms with E-state index in [1.165, 1.54) is 0 Å². The Morgan fingerprint density at radius 2 is 1.54 bits per heavy atom. The number of rotatable bonds is 3. The highest BCUT2D eigenvalue weighted by atomic mass is 14.9. The Balaban J connectivity index is 1.78. The van der Waals surface area contributed by atoms with Crippen molar-refractivity contribution < 1.29 is 0 Å². The summed E-state index contributed by atoms with van der Waals surface area (Å²) in [6.07, 6.45) is 1.64. The Morgan fingerprint density at radius 3 is 2.42 bits per heavy atom. The molecule has 3 aromatic carbocycles. The number of para-hydroxylation sites is 2. The van der Waals surface area contributed by atoms with Crippen LogP contribution in [0.2, 0.25) is 0 Å². The molecule has 3 nitrogen and oxygen atoms in total. The van der Waals surface area contributed by atoms with Crippen molar-refractivity contribution in [2.75, 3.05) is 5.32 Å². The number of aryl methyl sites for hydroxylation is 1. The summed E-state index contributed by atoms with van der Waals surface area (Å²) >= 11 is 0. The van der Waals surface area contributed by atoms with E-state index in [2.05, 4.69) is 70.7 Å². The molecule has 3 heteroatoms. The molecule has 0 aliphatic rings. The summed E-state index contributed by atoms with van der Waals surface area (Å²) < 4.78 is 0. The highest BCUT2D eigenvalue weighted by Gasteiger charge is 2.08. The summed E-state index contributed by atoms with van der Waals surface area (Å²) in [5, 5.41) is 4.51. The van der Waals surface area contributed by atoms with Gasteiger partial charge >= 0.3 is 0 Å². The average molecular weight is 311 g/mol. The van der Waals surface area contributed by atoms with Crippen LogP contribution in [0.5, 0.6) is 0 Å². The van der Waals surface area contributed by atoms with Crippen LogP contribution in [0.4, 0.5) is 11.4 Å². The number of nitrogens with one attached hydrogen (secondary N) is 1. The lowest BCUT2D eigenvalue weighted by Gasteiger charge is -2.10. The van der Waals surface area contributed by atoms with E-state index in [0.717, 1.165) is 39.1 Å². The van der Waals surface area contributed by atoms with E-state index in [4.69, 9.17) is 0 Å². The van der Waals surface area contributed by atoms with Crippen LogP contribution in [-0.2, 0) is 0 Å². The monoisotopic (exact) mass is 311 g/mol. The van der Waals surface area contributed by atoms with E-state index in [9.17, 15) is 0 Å². The third-order valence-electron chi connectivity index (χ3n) is 4.07. The van der Waals surface area contributed by atoms with Gasteiger partial charge in [0, 0.05) is 22.3 Å². The molecule has 0 radical (unpaired) electrons. The normalized spacial score (nSPS) is 10.7. The first-order valence-electron chi connectivity index (χ1n) is 7.94. The molecule has 24 heavy (non-hydrogen) atoms. The number of aromatic nitrogens is 2. The molecule has 4 rings (SSSR count). The molecular weight excluding hydrogens is 294 g/mol. The van der Waals surface area contributed by atoms with Gasteiger partial charge in [-0.15, -0.1) is 0 Å². The van der Waals surface area contributed by atoms with Crippen molar-refractivity contribution in [2.24, 2.45) is 0 Å². The van der Waals surface area contributed by atoms with Crippen LogP contribution in [0, 0.1) is 6.92 Å². The molecule has 0 bridgehead atoms. The van der Waals surface area contributed by atoms with Crippen LogP contribution >= 0.6 is 0 Å². The summed E-state index contributed by atoms with van der Waals surface area (Å²) in [4.78, 5) is 8.96. The van der Waals surface area contributed by atoms with Gasteiger partial charge in [0.15, 0.2) is 0 Å². The van der Waals surface area contributed by atoms with Gasteiger partial charge in [0.25, 0.3) is 0 Å². The lowest BCUT2D eigenvalue weighted by Crippen LogP contribution is -1.93. The second-order valence-corrected chi connectivity index (χ2v) is 5.77. The van der Waals surface area contributed by atoms with E-state index in [1.54, 1.807) is 6.33 Å². The predicted octanol–water partition coefficient (Wildman–Crippen LogP) is 5.35. The molecule has 0 fully saturated rings. The molecular formula is C21H17N3. The molecule has 1 heterocycles. The zero-order valence-electron chi connectivity index (χ0n) is 13.4. The first-order valence-corrected chi connectivity index (χ1v) is 7.94. The van der Waals surface area contributed by atoms with Gasteiger partial charge in [-0.1, -0.05) is 48.5 Å². The van der Waals surface area contributed by atoms with Gasteiger partial charge in [0.05, 0.1) is 11.2 Å². The number of hydrogen-bond donors (Lipinski definition) is 1. The Labute approximate surface area is 141 Å². The molecule has 0 saturated heterocycles. The highest BCUT2D eigenvalue weighted by Crippen LogP contribution is 2.29. The number of nitrogens with zero attached hydrogens (tertiary/aromatic N) is 2. The fourth-order valence-electron chi connectivity index (χ4n) is 2.90. The Kier molecular flexibility index (Phi) is 3.67. The molecule has 116 valence electrons. The maximum Gasteiger partial charge on any atom is 0.116 e. The van der Waals surface area contributed by atoms with E-state index in [-0.39, 0.29) is 0 Å². The Hall–Kier alpha value is -3.20. The van der Waals surface area contributed by atoms with Gasteiger partial charge in [0.2, 0.25) is 0 Å². The van der Waals surface area contributed by atoms with Gasteiger partial charge in [-0.3, -0.25) is 0 Å². The average Bonchev–Trinajstić information content (AvgIpc) is 2.63. The molecule has 0 saturated carbocycles. The smallest absolute Gasteiger partial charge is 0.116 e. The van der Waals surface area contributed by atoms with Crippen molar-refractivity contribution in [3.05, 3.63) is 84.7 Å². The van der Waals surface area contributed by atoms with Gasteiger partial charge in [-0.2, -0.15) is 0 Å². The molecule has 4 aromatic rings. The third-order valence-corrected chi connectivity index (χ3v) is 4.07. The molecule has 0 aliphatic carbocycles. The minimum absolute atomic E-state index is 0.959. The third kappa shape index (κ3) is 2.72. The Morgan fingerprint density at radius 1 is 0.750 bits per heavy atom. The molecule has 0 amide bonds. The first-order chi connectivity index (χ1) is 11.8. The summed E-state index contributed by atoms with van der Waals surface area (Å²) in [7, 11) is 0. The van der Waals surface area contributed by atoms with Gasteiger partial charge < -0.3 is 5.32 Å². The van der Waals surface area contributed by atoms with Crippen molar-refractivity contribution in [2.45, 2.75) is 6.92 Å². The number of fused-ring (bicyclic) bond motifs is 1. The number of benzene rings is 3. The minimum atomic E-state index is 0.959. The number of hydrogen-bond acceptors (Lipinski definition) is 3. The quantitative estimate of drug-likeness (QED) is 0.554. The minimum Gasteiger partial charge on any atom is -0.356 e. The van der Waals surface area contributed by atoms with Crippen molar-refractivity contribution in [1.29, 1.82) is 0 Å². The van der Waals surface area contributed by atoms with E-state index < -0.39 is 0 Å². The van der Waals surface area contributed by atoms with E-state index in [1.807, 2.05) is 24.3 Å². The molecule has 1 aromatic heterocycles. The SMILES string of the molecule is Cc1cccc2c(-c3cccc(Nc4ccccc4)c3)ncnc12. The Bertz CT molecular complexity index is 994.